The van der Waals surface area contributed by atoms with E-state index in [-0.39, 0.29) is 6.54 Å². The second kappa shape index (κ2) is 4.52. The molecule has 1 aromatic carbocycles. The third-order valence-corrected chi connectivity index (χ3v) is 3.22. The Morgan fingerprint density at radius 3 is 2.86 bits per heavy atom. The van der Waals surface area contributed by atoms with Gasteiger partial charge in [0.2, 0.25) is 5.76 Å². The molecule has 0 amide bonds. The molecule has 21 heavy (non-hydrogen) atoms. The molecule has 0 atom stereocenters. The first-order valence-electron chi connectivity index (χ1n) is 6.39. The monoisotopic (exact) mass is 282 g/mol. The molecular weight excluding hydrogens is 272 g/mol. The predicted octanol–water partition coefficient (Wildman–Crippen LogP) is 2.89. The summed E-state index contributed by atoms with van der Waals surface area (Å²) in [7, 11) is 0. The Hall–Kier alpha value is -3.02. The van der Waals surface area contributed by atoms with E-state index in [9.17, 15) is 4.79 Å². The Morgan fingerprint density at radius 2 is 2.00 bits per heavy atom. The maximum Gasteiger partial charge on any atom is 0.420 e. The van der Waals surface area contributed by atoms with Gasteiger partial charge in [-0.3, -0.25) is 4.57 Å². The van der Waals surface area contributed by atoms with Crippen molar-refractivity contribution in [3.63, 3.8) is 0 Å². The zero-order chi connectivity index (χ0) is 14.2. The van der Waals surface area contributed by atoms with Crippen molar-refractivity contribution in [2.75, 3.05) is 0 Å². The molecule has 6 nitrogen and oxygen atoms in total. The van der Waals surface area contributed by atoms with Crippen LogP contribution in [0.15, 0.2) is 66.9 Å². The minimum absolute atomic E-state index is 0.278. The molecule has 0 radical (unpaired) electrons. The summed E-state index contributed by atoms with van der Waals surface area (Å²) in [6, 6.07) is 12.5. The highest BCUT2D eigenvalue weighted by Gasteiger charge is 2.13. The lowest BCUT2D eigenvalue weighted by atomic mass is 10.3. The second-order valence-corrected chi connectivity index (χ2v) is 4.58. The third-order valence-electron chi connectivity index (χ3n) is 3.22. The van der Waals surface area contributed by atoms with Crippen molar-refractivity contribution < 1.29 is 13.4 Å². The van der Waals surface area contributed by atoms with Crippen molar-refractivity contribution in [3.8, 4) is 11.5 Å². The summed E-state index contributed by atoms with van der Waals surface area (Å²) in [6.07, 6.45) is 1.56. The molecule has 3 aromatic heterocycles. The quantitative estimate of drug-likeness (QED) is 0.577. The number of fused-ring (bicyclic) bond motifs is 1. The van der Waals surface area contributed by atoms with Crippen LogP contribution in [-0.4, -0.2) is 9.72 Å². The molecule has 6 heteroatoms. The molecule has 3 heterocycles. The predicted molar refractivity (Wildman–Crippen MR) is 73.8 cm³/mol. The number of hydrogen-bond acceptors (Lipinski definition) is 5. The van der Waals surface area contributed by atoms with Gasteiger partial charge in [-0.2, -0.15) is 0 Å². The maximum atomic E-state index is 11.9. The van der Waals surface area contributed by atoms with Crippen LogP contribution in [0.3, 0.4) is 0 Å². The number of furan rings is 1. The summed E-state index contributed by atoms with van der Waals surface area (Å²) >= 11 is 0. The number of aromatic nitrogens is 2. The van der Waals surface area contributed by atoms with E-state index in [1.807, 2.05) is 18.2 Å². The van der Waals surface area contributed by atoms with Gasteiger partial charge in [0.05, 0.1) is 18.3 Å². The molecule has 104 valence electrons. The van der Waals surface area contributed by atoms with Crippen molar-refractivity contribution in [1.29, 1.82) is 0 Å². The van der Waals surface area contributed by atoms with Crippen LogP contribution < -0.4 is 5.76 Å². The lowest BCUT2D eigenvalue weighted by molar-refractivity contribution is 0.407. The Labute approximate surface area is 118 Å². The molecule has 0 spiro atoms. The van der Waals surface area contributed by atoms with E-state index in [1.165, 1.54) is 4.57 Å². The fourth-order valence-corrected chi connectivity index (χ4v) is 2.25. The van der Waals surface area contributed by atoms with E-state index in [2.05, 4.69) is 5.16 Å². The molecular formula is C15H10N2O4. The number of nitrogens with zero attached hydrogens (tertiary/aromatic N) is 2. The van der Waals surface area contributed by atoms with E-state index < -0.39 is 5.76 Å². The molecule has 0 unspecified atom stereocenters. The van der Waals surface area contributed by atoms with Gasteiger partial charge in [0.15, 0.2) is 11.3 Å². The Kier molecular flexibility index (Phi) is 2.53. The van der Waals surface area contributed by atoms with Crippen LogP contribution >= 0.6 is 0 Å². The summed E-state index contributed by atoms with van der Waals surface area (Å²) < 4.78 is 17.2. The van der Waals surface area contributed by atoms with Crippen LogP contribution in [0.4, 0.5) is 0 Å². The molecule has 0 N–H and O–H groups in total. The Bertz CT molecular complexity index is 944. The number of rotatable bonds is 3. The molecule has 0 aliphatic rings. The molecule has 4 rings (SSSR count). The van der Waals surface area contributed by atoms with Crippen LogP contribution in [0.25, 0.3) is 22.6 Å². The van der Waals surface area contributed by atoms with Gasteiger partial charge in [-0.15, -0.1) is 0 Å². The topological polar surface area (TPSA) is 74.3 Å². The minimum atomic E-state index is -0.418. The van der Waals surface area contributed by atoms with Crippen molar-refractivity contribution in [1.82, 2.24) is 9.72 Å². The van der Waals surface area contributed by atoms with Crippen LogP contribution in [0.2, 0.25) is 0 Å². The molecule has 0 saturated heterocycles. The fraction of sp³-hybridized carbons (Fsp3) is 0.0667. The van der Waals surface area contributed by atoms with Crippen molar-refractivity contribution in [2.24, 2.45) is 0 Å². The normalized spacial score (nSPS) is 11.2. The molecule has 4 aromatic rings. The fourth-order valence-electron chi connectivity index (χ4n) is 2.25. The van der Waals surface area contributed by atoms with Crippen molar-refractivity contribution >= 4 is 11.1 Å². The molecule has 0 aliphatic carbocycles. The standard InChI is InChI=1S/C15H10N2O4/c18-15-17(11-4-1-2-5-12(11)20-15)9-10-8-14(21-16-10)13-6-3-7-19-13/h1-8H,9H2. The zero-order valence-electron chi connectivity index (χ0n) is 10.9. The van der Waals surface area contributed by atoms with Gasteiger partial charge in [0.1, 0.15) is 5.69 Å². The van der Waals surface area contributed by atoms with Crippen LogP contribution in [0.5, 0.6) is 0 Å². The first-order valence-corrected chi connectivity index (χ1v) is 6.39. The smallest absolute Gasteiger partial charge is 0.420 e. The summed E-state index contributed by atoms with van der Waals surface area (Å²) in [4.78, 5) is 11.9. The largest absolute Gasteiger partial charge is 0.461 e. The van der Waals surface area contributed by atoms with E-state index in [1.54, 1.807) is 30.5 Å². The van der Waals surface area contributed by atoms with Crippen molar-refractivity contribution in [3.05, 3.63) is 65.0 Å². The van der Waals surface area contributed by atoms with Gasteiger partial charge in [0, 0.05) is 6.07 Å². The number of para-hydroxylation sites is 2. The van der Waals surface area contributed by atoms with E-state index >= 15 is 0 Å². The average molecular weight is 282 g/mol. The van der Waals surface area contributed by atoms with Gasteiger partial charge in [-0.25, -0.2) is 4.79 Å². The second-order valence-electron chi connectivity index (χ2n) is 4.58. The first-order chi connectivity index (χ1) is 10.3. The van der Waals surface area contributed by atoms with Gasteiger partial charge in [-0.05, 0) is 24.3 Å². The highest BCUT2D eigenvalue weighted by Crippen LogP contribution is 2.21. The Balaban J connectivity index is 1.72. The number of oxazole rings is 1. The van der Waals surface area contributed by atoms with E-state index in [0.29, 0.717) is 22.8 Å². The van der Waals surface area contributed by atoms with Crippen molar-refractivity contribution in [2.45, 2.75) is 6.54 Å². The molecule has 0 fully saturated rings. The molecule has 0 bridgehead atoms. The Morgan fingerprint density at radius 1 is 1.10 bits per heavy atom. The van der Waals surface area contributed by atoms with E-state index in [0.717, 1.165) is 5.52 Å². The van der Waals surface area contributed by atoms with Crippen LogP contribution in [0.1, 0.15) is 5.69 Å². The minimum Gasteiger partial charge on any atom is -0.461 e. The zero-order valence-corrected chi connectivity index (χ0v) is 10.9. The molecule has 0 saturated carbocycles. The average Bonchev–Trinajstić information content (AvgIpc) is 3.20. The summed E-state index contributed by atoms with van der Waals surface area (Å²) in [5.74, 6) is 0.702. The van der Waals surface area contributed by atoms with Gasteiger partial charge in [-0.1, -0.05) is 17.3 Å². The van der Waals surface area contributed by atoms with Gasteiger partial charge >= 0.3 is 5.76 Å². The van der Waals surface area contributed by atoms with Crippen LogP contribution in [-0.2, 0) is 6.54 Å². The first kappa shape index (κ1) is 11.8. The highest BCUT2D eigenvalue weighted by atomic mass is 16.5. The lowest BCUT2D eigenvalue weighted by Crippen LogP contribution is -2.14. The summed E-state index contributed by atoms with van der Waals surface area (Å²) in [5.41, 5.74) is 1.90. The SMILES string of the molecule is O=c1oc2ccccc2n1Cc1cc(-c2ccco2)on1. The van der Waals surface area contributed by atoms with Gasteiger partial charge in [0.25, 0.3) is 0 Å². The summed E-state index contributed by atoms with van der Waals surface area (Å²) in [5, 5.41) is 3.96. The molecule has 0 aliphatic heterocycles. The number of hydrogen-bond donors (Lipinski definition) is 0. The van der Waals surface area contributed by atoms with Crippen LogP contribution in [0, 0.1) is 0 Å². The number of benzene rings is 1. The third kappa shape index (κ3) is 1.97. The van der Waals surface area contributed by atoms with E-state index in [4.69, 9.17) is 13.4 Å². The summed E-state index contributed by atoms with van der Waals surface area (Å²) in [6.45, 7) is 0.278. The van der Waals surface area contributed by atoms with Gasteiger partial charge < -0.3 is 13.4 Å². The highest BCUT2D eigenvalue weighted by molar-refractivity contribution is 5.72. The lowest BCUT2D eigenvalue weighted by Gasteiger charge is -1.96. The maximum absolute atomic E-state index is 11.9.